The number of hydrogen-bond acceptors (Lipinski definition) is 4. The molecule has 1 heterocycles. The first-order chi connectivity index (χ1) is 22.0. The second-order valence-corrected chi connectivity index (χ2v) is 11.8. The number of rotatable bonds is 10. The van der Waals surface area contributed by atoms with Gasteiger partial charge in [-0.1, -0.05) is 36.4 Å². The standard InChI is InChI=1S/C33H30F6N6OS/c1-31(2,43-29(46)15-27-17-41-21-45(27)18-23-12-10-22(16-40)11-13-23)20-44(19-24-6-3-4-9-28(24)33(37,38)39)30(47)42-26-8-5-7-25(14-26)32(34,35)36/h3-14,17,21H,15,18-20H2,1-2H3,(H,42,47)(H,43,46). The number of imidazole rings is 1. The number of anilines is 1. The average Bonchev–Trinajstić information content (AvgIpc) is 3.42. The van der Waals surface area contributed by atoms with E-state index in [1.165, 1.54) is 35.2 Å². The maximum absolute atomic E-state index is 13.8. The summed E-state index contributed by atoms with van der Waals surface area (Å²) >= 11 is 5.51. The van der Waals surface area contributed by atoms with Gasteiger partial charge in [-0.05, 0) is 73.6 Å². The minimum Gasteiger partial charge on any atom is -0.349 e. The maximum atomic E-state index is 13.8. The van der Waals surface area contributed by atoms with Crippen molar-refractivity contribution >= 4 is 28.9 Å². The Hall–Kier alpha value is -4.90. The molecule has 0 aliphatic rings. The highest BCUT2D eigenvalue weighted by Crippen LogP contribution is 2.33. The number of carbonyl (C=O) groups is 1. The molecule has 7 nitrogen and oxygen atoms in total. The summed E-state index contributed by atoms with van der Waals surface area (Å²) in [5.74, 6) is -0.399. The molecule has 14 heteroatoms. The third kappa shape index (κ3) is 9.79. The van der Waals surface area contributed by atoms with Gasteiger partial charge in [0.1, 0.15) is 0 Å². The zero-order valence-corrected chi connectivity index (χ0v) is 26.1. The van der Waals surface area contributed by atoms with Gasteiger partial charge in [0.25, 0.3) is 0 Å². The molecule has 1 amide bonds. The van der Waals surface area contributed by atoms with Crippen LogP contribution in [0.5, 0.6) is 0 Å². The molecule has 0 bridgehead atoms. The van der Waals surface area contributed by atoms with Crippen molar-refractivity contribution in [2.75, 3.05) is 11.9 Å². The van der Waals surface area contributed by atoms with Gasteiger partial charge in [0.15, 0.2) is 5.11 Å². The Kier molecular flexibility index (Phi) is 10.6. The quantitative estimate of drug-likeness (QED) is 0.137. The van der Waals surface area contributed by atoms with E-state index in [2.05, 4.69) is 21.7 Å². The van der Waals surface area contributed by atoms with Crippen molar-refractivity contribution in [3.63, 3.8) is 0 Å². The van der Waals surface area contributed by atoms with Crippen LogP contribution in [0.2, 0.25) is 0 Å². The molecule has 1 aromatic heterocycles. The van der Waals surface area contributed by atoms with E-state index in [1.807, 2.05) is 0 Å². The molecule has 47 heavy (non-hydrogen) atoms. The average molecular weight is 673 g/mol. The van der Waals surface area contributed by atoms with E-state index < -0.39 is 34.9 Å². The first kappa shape index (κ1) is 35.0. The minimum atomic E-state index is -4.66. The molecule has 0 unspecified atom stereocenters. The number of nitrogens with one attached hydrogen (secondary N) is 2. The minimum absolute atomic E-state index is 0.00343. The van der Waals surface area contributed by atoms with Crippen LogP contribution in [-0.2, 0) is 36.7 Å². The van der Waals surface area contributed by atoms with Gasteiger partial charge < -0.3 is 20.1 Å². The number of aromatic nitrogens is 2. The fraction of sp³-hybridized carbons (Fsp3) is 0.273. The first-order valence-corrected chi connectivity index (χ1v) is 14.6. The molecule has 2 N–H and O–H groups in total. The van der Waals surface area contributed by atoms with Crippen LogP contribution in [0.15, 0.2) is 85.3 Å². The zero-order chi connectivity index (χ0) is 34.4. The number of nitriles is 1. The molecular formula is C33H30F6N6OS. The number of carbonyl (C=O) groups excluding carboxylic acids is 1. The van der Waals surface area contributed by atoms with Crippen LogP contribution in [0.4, 0.5) is 32.0 Å². The van der Waals surface area contributed by atoms with Crippen molar-refractivity contribution < 1.29 is 31.1 Å². The van der Waals surface area contributed by atoms with E-state index in [9.17, 15) is 31.1 Å². The van der Waals surface area contributed by atoms with Gasteiger partial charge in [0.2, 0.25) is 5.91 Å². The Labute approximate surface area is 272 Å². The fourth-order valence-electron chi connectivity index (χ4n) is 4.94. The maximum Gasteiger partial charge on any atom is 0.416 e. The first-order valence-electron chi connectivity index (χ1n) is 14.2. The SMILES string of the molecule is CC(C)(CN(Cc1ccccc1C(F)(F)F)C(=S)Nc1cccc(C(F)(F)F)c1)NC(=O)Cc1cncn1Cc1ccc(C#N)cc1. The van der Waals surface area contributed by atoms with Gasteiger partial charge in [-0.2, -0.15) is 31.6 Å². The zero-order valence-electron chi connectivity index (χ0n) is 25.3. The summed E-state index contributed by atoms with van der Waals surface area (Å²) in [5, 5.41) is 14.5. The molecule has 0 atom stereocenters. The Morgan fingerprint density at radius 1 is 0.979 bits per heavy atom. The molecule has 4 aromatic rings. The van der Waals surface area contributed by atoms with E-state index in [1.54, 1.807) is 55.2 Å². The summed E-state index contributed by atoms with van der Waals surface area (Å²) in [5.41, 5.74) is -0.989. The lowest BCUT2D eigenvalue weighted by Crippen LogP contribution is -2.53. The number of amides is 1. The number of thiocarbonyl (C=S) groups is 1. The summed E-state index contributed by atoms with van der Waals surface area (Å²) in [6.07, 6.45) is -6.23. The molecule has 4 rings (SSSR count). The van der Waals surface area contributed by atoms with Gasteiger partial charge in [-0.25, -0.2) is 4.98 Å². The number of hydrogen-bond donors (Lipinski definition) is 2. The van der Waals surface area contributed by atoms with Gasteiger partial charge in [0, 0.05) is 37.2 Å². The monoisotopic (exact) mass is 672 g/mol. The van der Waals surface area contributed by atoms with Crippen LogP contribution in [0.1, 0.15) is 47.4 Å². The number of nitrogens with zero attached hydrogens (tertiary/aromatic N) is 4. The highest BCUT2D eigenvalue weighted by atomic mass is 32.1. The smallest absolute Gasteiger partial charge is 0.349 e. The van der Waals surface area contributed by atoms with E-state index in [-0.39, 0.29) is 35.9 Å². The van der Waals surface area contributed by atoms with Crippen molar-refractivity contribution in [1.29, 1.82) is 5.26 Å². The third-order valence-electron chi connectivity index (χ3n) is 7.05. The van der Waals surface area contributed by atoms with E-state index in [4.69, 9.17) is 17.5 Å². The van der Waals surface area contributed by atoms with Gasteiger partial charge in [-0.15, -0.1) is 0 Å². The number of halogens is 6. The Morgan fingerprint density at radius 2 is 1.68 bits per heavy atom. The summed E-state index contributed by atoms with van der Waals surface area (Å²) in [7, 11) is 0. The molecular weight excluding hydrogens is 642 g/mol. The summed E-state index contributed by atoms with van der Waals surface area (Å²) in [6.45, 7) is 3.28. The number of alkyl halides is 6. The molecule has 0 saturated heterocycles. The molecule has 246 valence electrons. The normalized spacial score (nSPS) is 11.9. The predicted octanol–water partition coefficient (Wildman–Crippen LogP) is 7.18. The summed E-state index contributed by atoms with van der Waals surface area (Å²) in [4.78, 5) is 18.7. The molecule has 3 aromatic carbocycles. The predicted molar refractivity (Wildman–Crippen MR) is 168 cm³/mol. The van der Waals surface area contributed by atoms with Crippen molar-refractivity contribution in [3.8, 4) is 6.07 Å². The highest BCUT2D eigenvalue weighted by Gasteiger charge is 2.35. The van der Waals surface area contributed by atoms with E-state index in [0.717, 1.165) is 23.8 Å². The molecule has 0 fully saturated rings. The lowest BCUT2D eigenvalue weighted by molar-refractivity contribution is -0.138. The van der Waals surface area contributed by atoms with Crippen LogP contribution in [-0.4, -0.2) is 37.6 Å². The lowest BCUT2D eigenvalue weighted by Gasteiger charge is -2.35. The Balaban J connectivity index is 1.52. The molecule has 0 aliphatic carbocycles. The van der Waals surface area contributed by atoms with Crippen LogP contribution in [0, 0.1) is 11.3 Å². The molecule has 0 spiro atoms. The van der Waals surface area contributed by atoms with Gasteiger partial charge in [0.05, 0.1) is 41.0 Å². The third-order valence-corrected chi connectivity index (χ3v) is 7.41. The molecule has 0 aliphatic heterocycles. The van der Waals surface area contributed by atoms with Crippen molar-refractivity contribution in [1.82, 2.24) is 19.8 Å². The van der Waals surface area contributed by atoms with Crippen LogP contribution >= 0.6 is 12.2 Å². The topological polar surface area (TPSA) is 86.0 Å². The van der Waals surface area contributed by atoms with Crippen LogP contribution in [0.3, 0.4) is 0 Å². The van der Waals surface area contributed by atoms with E-state index in [0.29, 0.717) is 17.8 Å². The number of benzene rings is 3. The van der Waals surface area contributed by atoms with Crippen LogP contribution in [0.25, 0.3) is 0 Å². The Morgan fingerprint density at radius 3 is 2.34 bits per heavy atom. The molecule has 0 radical (unpaired) electrons. The second kappa shape index (κ2) is 14.3. The van der Waals surface area contributed by atoms with Crippen molar-refractivity contribution in [2.45, 2.75) is 51.2 Å². The highest BCUT2D eigenvalue weighted by molar-refractivity contribution is 7.80. The Bertz CT molecular complexity index is 1760. The van der Waals surface area contributed by atoms with Gasteiger partial charge >= 0.3 is 12.4 Å². The van der Waals surface area contributed by atoms with Crippen LogP contribution < -0.4 is 10.6 Å². The van der Waals surface area contributed by atoms with Gasteiger partial charge in [-0.3, -0.25) is 4.79 Å². The lowest BCUT2D eigenvalue weighted by atomic mass is 10.0. The van der Waals surface area contributed by atoms with Crippen molar-refractivity contribution in [2.24, 2.45) is 0 Å². The second-order valence-electron chi connectivity index (χ2n) is 11.5. The fourth-order valence-corrected chi connectivity index (χ4v) is 5.18. The summed E-state index contributed by atoms with van der Waals surface area (Å²) < 4.78 is 83.3. The van der Waals surface area contributed by atoms with Crippen molar-refractivity contribution in [3.05, 3.63) is 119 Å². The largest absolute Gasteiger partial charge is 0.416 e. The summed E-state index contributed by atoms with van der Waals surface area (Å²) in [6, 6.07) is 18.2. The van der Waals surface area contributed by atoms with E-state index >= 15 is 0 Å². The molecule has 0 saturated carbocycles.